The number of hydrogen-bond acceptors (Lipinski definition) is 7. The van der Waals surface area contributed by atoms with Crippen molar-refractivity contribution in [3.63, 3.8) is 0 Å². The molecule has 10 heteroatoms. The average Bonchev–Trinajstić information content (AvgIpc) is 2.37. The minimum absolute atomic E-state index is 0.0942. The first-order valence-corrected chi connectivity index (χ1v) is 6.24. The largest absolute Gasteiger partial charge is 0.394 e. The predicted molar refractivity (Wildman–Crippen MR) is 64.4 cm³/mol. The lowest BCUT2D eigenvalue weighted by atomic mass is 10.0. The van der Waals surface area contributed by atoms with Gasteiger partial charge in [-0.15, -0.1) is 0 Å². The second-order valence-electron chi connectivity index (χ2n) is 4.10. The molecule has 2 rings (SSSR count). The number of aromatic amines is 1. The van der Waals surface area contributed by atoms with E-state index >= 15 is 0 Å². The van der Waals surface area contributed by atoms with Gasteiger partial charge in [-0.05, 0) is 15.9 Å². The molecule has 0 amide bonds. The number of nitrogens with one attached hydrogen (secondary N) is 1. The highest BCUT2D eigenvalue weighted by molar-refractivity contribution is 9.10. The molecule has 106 valence electrons. The van der Waals surface area contributed by atoms with E-state index < -0.39 is 42.4 Å². The molecule has 0 spiro atoms. The molecule has 0 radical (unpaired) electrons. The van der Waals surface area contributed by atoms with Crippen LogP contribution in [0.1, 0.15) is 12.6 Å². The van der Waals surface area contributed by atoms with Gasteiger partial charge in [-0.25, -0.2) is 4.79 Å². The molecule has 1 aliphatic heterocycles. The van der Waals surface area contributed by atoms with Gasteiger partial charge in [-0.1, -0.05) is 0 Å². The number of aliphatic hydroxyl groups is 3. The third kappa shape index (κ3) is 2.77. The van der Waals surface area contributed by atoms with E-state index in [0.717, 1.165) is 4.68 Å². The molecule has 4 atom stereocenters. The highest BCUT2D eigenvalue weighted by Gasteiger charge is 2.38. The minimum atomic E-state index is -1.25. The van der Waals surface area contributed by atoms with Gasteiger partial charge in [0.2, 0.25) is 0 Å². The molecule has 1 saturated heterocycles. The van der Waals surface area contributed by atoms with Gasteiger partial charge in [0.05, 0.1) is 12.7 Å². The maximum atomic E-state index is 11.6. The van der Waals surface area contributed by atoms with Crippen molar-refractivity contribution in [3.05, 3.63) is 25.4 Å². The van der Waals surface area contributed by atoms with Crippen LogP contribution in [0.25, 0.3) is 0 Å². The predicted octanol–water partition coefficient (Wildman–Crippen LogP) is -2.30. The van der Waals surface area contributed by atoms with Gasteiger partial charge in [0.25, 0.3) is 5.56 Å². The molecule has 0 aliphatic carbocycles. The van der Waals surface area contributed by atoms with E-state index in [-0.39, 0.29) is 11.0 Å². The van der Waals surface area contributed by atoms with Crippen LogP contribution in [0.15, 0.2) is 14.2 Å². The second kappa shape index (κ2) is 5.51. The summed E-state index contributed by atoms with van der Waals surface area (Å²) in [5, 5.41) is 32.0. The first-order valence-electron chi connectivity index (χ1n) is 5.45. The van der Waals surface area contributed by atoms with E-state index in [2.05, 4.69) is 21.0 Å². The van der Waals surface area contributed by atoms with Crippen LogP contribution in [0.2, 0.25) is 0 Å². The maximum absolute atomic E-state index is 11.6. The molecule has 0 saturated carbocycles. The lowest BCUT2D eigenvalue weighted by Gasteiger charge is -2.36. The average molecular weight is 338 g/mol. The van der Waals surface area contributed by atoms with Crippen LogP contribution in [0, 0.1) is 0 Å². The summed E-state index contributed by atoms with van der Waals surface area (Å²) in [5.41, 5.74) is -1.49. The fourth-order valence-electron chi connectivity index (χ4n) is 1.83. The highest BCUT2D eigenvalue weighted by Crippen LogP contribution is 2.25. The Hall–Kier alpha value is -1.07. The van der Waals surface area contributed by atoms with E-state index in [1.54, 1.807) is 0 Å². The van der Waals surface area contributed by atoms with E-state index in [1.807, 2.05) is 4.98 Å². The first-order chi connectivity index (χ1) is 8.93. The molecule has 4 N–H and O–H groups in total. The van der Waals surface area contributed by atoms with Gasteiger partial charge < -0.3 is 20.1 Å². The van der Waals surface area contributed by atoms with Crippen LogP contribution in [0.4, 0.5) is 0 Å². The van der Waals surface area contributed by atoms with Crippen molar-refractivity contribution >= 4 is 15.9 Å². The molecular formula is C9H12BrN3O6. The number of H-pyrrole nitrogens is 1. The summed E-state index contributed by atoms with van der Waals surface area (Å²) in [6.07, 6.45) is -4.54. The van der Waals surface area contributed by atoms with Gasteiger partial charge in [0.1, 0.15) is 12.2 Å². The Morgan fingerprint density at radius 3 is 2.79 bits per heavy atom. The number of hydrogen-bond donors (Lipinski definition) is 4. The summed E-state index contributed by atoms with van der Waals surface area (Å²) < 4.78 is 6.00. The van der Waals surface area contributed by atoms with Gasteiger partial charge in [-0.3, -0.25) is 9.78 Å². The lowest BCUT2D eigenvalue weighted by molar-refractivity contribution is -0.205. The molecule has 1 aromatic rings. The molecule has 1 aliphatic rings. The Morgan fingerprint density at radius 2 is 2.16 bits per heavy atom. The number of aromatic nitrogens is 3. The van der Waals surface area contributed by atoms with E-state index in [0.29, 0.717) is 0 Å². The summed E-state index contributed by atoms with van der Waals surface area (Å²) in [6.45, 7) is -0.520. The van der Waals surface area contributed by atoms with Crippen LogP contribution < -0.4 is 11.2 Å². The summed E-state index contributed by atoms with van der Waals surface area (Å²) in [7, 11) is 0. The third-order valence-electron chi connectivity index (χ3n) is 2.81. The van der Waals surface area contributed by atoms with Gasteiger partial charge in [0.15, 0.2) is 10.8 Å². The molecule has 9 nitrogen and oxygen atoms in total. The van der Waals surface area contributed by atoms with Gasteiger partial charge in [0, 0.05) is 6.42 Å². The van der Waals surface area contributed by atoms with Crippen molar-refractivity contribution in [3.8, 4) is 0 Å². The summed E-state index contributed by atoms with van der Waals surface area (Å²) >= 11 is 2.87. The van der Waals surface area contributed by atoms with Crippen LogP contribution in [-0.2, 0) is 4.74 Å². The molecule has 0 bridgehead atoms. The minimum Gasteiger partial charge on any atom is -0.394 e. The number of halogens is 1. The number of ether oxygens (including phenoxy) is 1. The zero-order valence-electron chi connectivity index (χ0n) is 9.56. The van der Waals surface area contributed by atoms with Crippen LogP contribution in [-0.4, -0.2) is 55.0 Å². The Kier molecular flexibility index (Phi) is 4.16. The number of rotatable bonds is 2. The van der Waals surface area contributed by atoms with Crippen molar-refractivity contribution in [2.75, 3.05) is 6.61 Å². The molecular weight excluding hydrogens is 326 g/mol. The van der Waals surface area contributed by atoms with Crippen molar-refractivity contribution in [2.24, 2.45) is 0 Å². The smallest absolute Gasteiger partial charge is 0.347 e. The quantitative estimate of drug-likeness (QED) is 0.476. The van der Waals surface area contributed by atoms with E-state index in [1.165, 1.54) is 0 Å². The number of aliphatic hydroxyl groups excluding tert-OH is 3. The van der Waals surface area contributed by atoms with Crippen LogP contribution in [0.3, 0.4) is 0 Å². The monoisotopic (exact) mass is 337 g/mol. The summed E-state index contributed by atoms with van der Waals surface area (Å²) in [6, 6.07) is 0. The lowest BCUT2D eigenvalue weighted by Crippen LogP contribution is -2.50. The molecule has 4 unspecified atom stereocenters. The maximum Gasteiger partial charge on any atom is 0.347 e. The Labute approximate surface area is 114 Å². The van der Waals surface area contributed by atoms with Gasteiger partial charge >= 0.3 is 5.69 Å². The standard InChI is InChI=1S/C9H12BrN3O6/c10-7-8(17)11-9(18)13(12-7)5-1-3(15)6(16)4(2-14)19-5/h3-6,14-16H,1-2H2,(H,11,17,18). The van der Waals surface area contributed by atoms with Crippen LogP contribution in [0.5, 0.6) is 0 Å². The van der Waals surface area contributed by atoms with E-state index in [4.69, 9.17) is 9.84 Å². The zero-order chi connectivity index (χ0) is 14.2. The number of nitrogens with zero attached hydrogens (tertiary/aromatic N) is 2. The van der Waals surface area contributed by atoms with Crippen molar-refractivity contribution in [2.45, 2.75) is 31.0 Å². The summed E-state index contributed by atoms with van der Waals surface area (Å²) in [4.78, 5) is 24.8. The van der Waals surface area contributed by atoms with Gasteiger partial charge in [-0.2, -0.15) is 9.78 Å². The van der Waals surface area contributed by atoms with Crippen LogP contribution >= 0.6 is 15.9 Å². The molecule has 1 aromatic heterocycles. The third-order valence-corrected chi connectivity index (χ3v) is 3.33. The van der Waals surface area contributed by atoms with Crippen molar-refractivity contribution < 1.29 is 20.1 Å². The second-order valence-corrected chi connectivity index (χ2v) is 4.85. The fourth-order valence-corrected chi connectivity index (χ4v) is 2.10. The molecule has 19 heavy (non-hydrogen) atoms. The molecule has 2 heterocycles. The fraction of sp³-hybridized carbons (Fsp3) is 0.667. The van der Waals surface area contributed by atoms with E-state index in [9.17, 15) is 19.8 Å². The SMILES string of the molecule is O=c1[nH]c(=O)n(C2CC(O)C(O)C(CO)O2)nc1Br. The Morgan fingerprint density at radius 1 is 1.47 bits per heavy atom. The Bertz CT molecular complexity index is 572. The first kappa shape index (κ1) is 14.3. The highest BCUT2D eigenvalue weighted by atomic mass is 79.9. The topological polar surface area (TPSA) is 138 Å². The molecule has 0 aromatic carbocycles. The summed E-state index contributed by atoms with van der Waals surface area (Å²) in [5.74, 6) is 0. The zero-order valence-corrected chi connectivity index (χ0v) is 11.1. The molecule has 1 fully saturated rings. The normalized spacial score (nSPS) is 31.4. The Balaban J connectivity index is 2.35. The van der Waals surface area contributed by atoms with Crippen molar-refractivity contribution in [1.82, 2.24) is 14.8 Å². The van der Waals surface area contributed by atoms with Crippen molar-refractivity contribution in [1.29, 1.82) is 0 Å².